The second-order valence-corrected chi connectivity index (χ2v) is 4.46. The van der Waals surface area contributed by atoms with Gasteiger partial charge < -0.3 is 9.47 Å². The summed E-state index contributed by atoms with van der Waals surface area (Å²) in [6.45, 7) is 0.237. The molecule has 1 aliphatic heterocycles. The lowest BCUT2D eigenvalue weighted by molar-refractivity contribution is 0.112. The van der Waals surface area contributed by atoms with E-state index in [0.29, 0.717) is 17.3 Å². The molecule has 0 spiro atoms. The number of carbonyl (C=O) groups is 1. The second kappa shape index (κ2) is 4.09. The minimum absolute atomic E-state index is 0.237. The largest absolute Gasteiger partial charge is 0.454 e. The first kappa shape index (κ1) is 11.0. The maximum absolute atomic E-state index is 11.1. The Hall–Kier alpha value is -2.82. The molecule has 1 aromatic carbocycles. The number of ether oxygens (including phenoxy) is 2. The molecule has 5 nitrogen and oxygen atoms in total. The van der Waals surface area contributed by atoms with Crippen molar-refractivity contribution in [1.29, 1.82) is 0 Å². The van der Waals surface area contributed by atoms with Crippen molar-refractivity contribution in [2.45, 2.75) is 0 Å². The zero-order chi connectivity index (χ0) is 13.5. The van der Waals surface area contributed by atoms with Gasteiger partial charge in [0.05, 0.1) is 5.52 Å². The molecular weight excluding hydrogens is 256 g/mol. The van der Waals surface area contributed by atoms with E-state index in [1.807, 2.05) is 47.0 Å². The van der Waals surface area contributed by atoms with Crippen LogP contribution in [0.3, 0.4) is 0 Å². The Morgan fingerprint density at radius 2 is 2.05 bits per heavy atom. The van der Waals surface area contributed by atoms with E-state index in [9.17, 15) is 4.79 Å². The third kappa shape index (κ3) is 1.50. The number of carbonyl (C=O) groups excluding carboxylic acids is 1. The summed E-state index contributed by atoms with van der Waals surface area (Å²) < 4.78 is 12.6. The number of aldehydes is 1. The average molecular weight is 266 g/mol. The second-order valence-electron chi connectivity index (χ2n) is 4.46. The number of rotatable bonds is 2. The highest BCUT2D eigenvalue weighted by Crippen LogP contribution is 2.35. The first-order valence-corrected chi connectivity index (χ1v) is 6.19. The van der Waals surface area contributed by atoms with Crippen LogP contribution in [0.5, 0.6) is 11.5 Å². The number of fused-ring (bicyclic) bond motifs is 2. The topological polar surface area (TPSA) is 52.8 Å². The van der Waals surface area contributed by atoms with E-state index >= 15 is 0 Å². The van der Waals surface area contributed by atoms with Crippen molar-refractivity contribution in [1.82, 2.24) is 9.38 Å². The molecule has 4 rings (SSSR count). The van der Waals surface area contributed by atoms with Crippen LogP contribution in [0.4, 0.5) is 0 Å². The molecule has 0 radical (unpaired) electrons. The zero-order valence-electron chi connectivity index (χ0n) is 10.4. The standard InChI is InChI=1S/C15H10N2O3/c18-8-11-12-3-1-2-6-17(12)15(16-11)10-4-5-13-14(7-10)20-9-19-13/h1-8H,9H2. The van der Waals surface area contributed by atoms with Crippen LogP contribution in [0.15, 0.2) is 42.6 Å². The number of benzene rings is 1. The number of aromatic nitrogens is 2. The van der Waals surface area contributed by atoms with Crippen LogP contribution in [-0.4, -0.2) is 22.5 Å². The first-order valence-electron chi connectivity index (χ1n) is 6.19. The predicted octanol–water partition coefficient (Wildman–Crippen LogP) is 2.54. The van der Waals surface area contributed by atoms with E-state index in [1.54, 1.807) is 0 Å². The van der Waals surface area contributed by atoms with E-state index in [-0.39, 0.29) is 6.79 Å². The van der Waals surface area contributed by atoms with Gasteiger partial charge in [0.2, 0.25) is 6.79 Å². The molecule has 5 heteroatoms. The minimum Gasteiger partial charge on any atom is -0.454 e. The smallest absolute Gasteiger partial charge is 0.231 e. The van der Waals surface area contributed by atoms with Crippen molar-refractivity contribution >= 4 is 11.8 Å². The summed E-state index contributed by atoms with van der Waals surface area (Å²) in [6.07, 6.45) is 2.65. The summed E-state index contributed by atoms with van der Waals surface area (Å²) in [5.74, 6) is 2.13. The monoisotopic (exact) mass is 266 g/mol. The van der Waals surface area contributed by atoms with E-state index in [0.717, 1.165) is 23.1 Å². The third-order valence-corrected chi connectivity index (χ3v) is 3.32. The number of hydrogen-bond donors (Lipinski definition) is 0. The van der Waals surface area contributed by atoms with Crippen LogP contribution in [0.2, 0.25) is 0 Å². The molecule has 20 heavy (non-hydrogen) atoms. The maximum Gasteiger partial charge on any atom is 0.231 e. The fourth-order valence-corrected chi connectivity index (χ4v) is 2.39. The van der Waals surface area contributed by atoms with Gasteiger partial charge in [0, 0.05) is 11.8 Å². The Bertz CT molecular complexity index is 823. The van der Waals surface area contributed by atoms with Crippen molar-refractivity contribution in [2.75, 3.05) is 6.79 Å². The average Bonchev–Trinajstić information content (AvgIpc) is 3.10. The Morgan fingerprint density at radius 1 is 1.15 bits per heavy atom. The minimum atomic E-state index is 0.237. The molecular formula is C15H10N2O3. The summed E-state index contributed by atoms with van der Waals surface area (Å²) >= 11 is 0. The third-order valence-electron chi connectivity index (χ3n) is 3.32. The number of imidazole rings is 1. The predicted molar refractivity (Wildman–Crippen MR) is 72.1 cm³/mol. The quantitative estimate of drug-likeness (QED) is 0.669. The summed E-state index contributed by atoms with van der Waals surface area (Å²) in [4.78, 5) is 15.5. The van der Waals surface area contributed by atoms with Crippen LogP contribution in [0.1, 0.15) is 10.5 Å². The molecule has 0 bridgehead atoms. The lowest BCUT2D eigenvalue weighted by atomic mass is 10.2. The van der Waals surface area contributed by atoms with Crippen LogP contribution in [-0.2, 0) is 0 Å². The SMILES string of the molecule is O=Cc1nc(-c2ccc3c(c2)OCO3)n2ccccc12. The van der Waals surface area contributed by atoms with Gasteiger partial charge in [0.25, 0.3) is 0 Å². The van der Waals surface area contributed by atoms with E-state index in [1.165, 1.54) is 0 Å². The number of nitrogens with zero attached hydrogens (tertiary/aromatic N) is 2. The summed E-state index contributed by atoms with van der Waals surface area (Å²) in [5, 5.41) is 0. The maximum atomic E-state index is 11.1. The highest BCUT2D eigenvalue weighted by atomic mass is 16.7. The van der Waals surface area contributed by atoms with Crippen molar-refractivity contribution in [3.63, 3.8) is 0 Å². The molecule has 1 aliphatic rings. The zero-order valence-corrected chi connectivity index (χ0v) is 10.4. The molecule has 3 heterocycles. The number of hydrogen-bond acceptors (Lipinski definition) is 4. The molecule has 0 saturated heterocycles. The summed E-state index contributed by atoms with van der Waals surface area (Å²) in [5.41, 5.74) is 2.09. The van der Waals surface area contributed by atoms with E-state index in [4.69, 9.17) is 9.47 Å². The van der Waals surface area contributed by atoms with Gasteiger partial charge in [-0.05, 0) is 30.3 Å². The van der Waals surface area contributed by atoms with Crippen molar-refractivity contribution < 1.29 is 14.3 Å². The van der Waals surface area contributed by atoms with Gasteiger partial charge in [-0.3, -0.25) is 9.20 Å². The van der Waals surface area contributed by atoms with Gasteiger partial charge in [-0.2, -0.15) is 0 Å². The van der Waals surface area contributed by atoms with Gasteiger partial charge in [-0.15, -0.1) is 0 Å². The highest BCUT2D eigenvalue weighted by Gasteiger charge is 2.17. The van der Waals surface area contributed by atoms with Crippen molar-refractivity contribution in [3.05, 3.63) is 48.3 Å². The normalized spacial score (nSPS) is 12.8. The summed E-state index contributed by atoms with van der Waals surface area (Å²) in [6, 6.07) is 11.3. The molecule has 0 N–H and O–H groups in total. The fourth-order valence-electron chi connectivity index (χ4n) is 2.39. The van der Waals surface area contributed by atoms with Gasteiger partial charge in [0.15, 0.2) is 17.8 Å². The Morgan fingerprint density at radius 3 is 2.95 bits per heavy atom. The molecule has 0 atom stereocenters. The Balaban J connectivity index is 1.96. The van der Waals surface area contributed by atoms with Crippen LogP contribution in [0.25, 0.3) is 16.9 Å². The molecule has 0 saturated carbocycles. The lowest BCUT2D eigenvalue weighted by Crippen LogP contribution is -1.93. The van der Waals surface area contributed by atoms with E-state index in [2.05, 4.69) is 4.98 Å². The Kier molecular flexibility index (Phi) is 2.26. The van der Waals surface area contributed by atoms with E-state index < -0.39 is 0 Å². The molecule has 98 valence electrons. The lowest BCUT2D eigenvalue weighted by Gasteiger charge is -2.02. The molecule has 0 aliphatic carbocycles. The molecule has 0 fully saturated rings. The molecule has 2 aromatic heterocycles. The summed E-state index contributed by atoms with van der Waals surface area (Å²) in [7, 11) is 0. The van der Waals surface area contributed by atoms with Gasteiger partial charge >= 0.3 is 0 Å². The first-order chi connectivity index (χ1) is 9.86. The molecule has 3 aromatic rings. The molecule has 0 amide bonds. The van der Waals surface area contributed by atoms with Crippen molar-refractivity contribution in [3.8, 4) is 22.9 Å². The Labute approximate surface area is 114 Å². The highest BCUT2D eigenvalue weighted by molar-refractivity contribution is 5.86. The van der Waals surface area contributed by atoms with Crippen LogP contribution in [0, 0.1) is 0 Å². The van der Waals surface area contributed by atoms with Gasteiger partial charge in [-0.25, -0.2) is 4.98 Å². The van der Waals surface area contributed by atoms with Crippen LogP contribution < -0.4 is 9.47 Å². The van der Waals surface area contributed by atoms with Gasteiger partial charge in [-0.1, -0.05) is 6.07 Å². The van der Waals surface area contributed by atoms with Crippen LogP contribution >= 0.6 is 0 Å². The number of pyridine rings is 1. The van der Waals surface area contributed by atoms with Crippen molar-refractivity contribution in [2.24, 2.45) is 0 Å². The fraction of sp³-hybridized carbons (Fsp3) is 0.0667. The molecule has 0 unspecified atom stereocenters. The van der Waals surface area contributed by atoms with Gasteiger partial charge in [0.1, 0.15) is 11.5 Å².